The van der Waals surface area contributed by atoms with E-state index >= 15 is 0 Å². The van der Waals surface area contributed by atoms with Crippen molar-refractivity contribution < 1.29 is 9.59 Å². The van der Waals surface area contributed by atoms with Crippen molar-refractivity contribution in [2.75, 3.05) is 11.9 Å². The summed E-state index contributed by atoms with van der Waals surface area (Å²) in [5.74, 6) is 0.0862. The molecule has 2 N–H and O–H groups in total. The second kappa shape index (κ2) is 6.81. The van der Waals surface area contributed by atoms with Gasteiger partial charge in [-0.05, 0) is 26.2 Å². The lowest BCUT2D eigenvalue weighted by molar-refractivity contribution is 0.191. The lowest BCUT2D eigenvalue weighted by atomic mass is 10.2. The van der Waals surface area contributed by atoms with Gasteiger partial charge in [0.05, 0.1) is 0 Å². The Morgan fingerprint density at radius 1 is 1.52 bits per heavy atom. The maximum Gasteiger partial charge on any atom is 0.325 e. The fourth-order valence-electron chi connectivity index (χ4n) is 2.33. The molecule has 1 aromatic heterocycles. The number of rotatable bonds is 2. The normalized spacial score (nSPS) is 18.5. The highest BCUT2D eigenvalue weighted by Gasteiger charge is 2.25. The van der Waals surface area contributed by atoms with Gasteiger partial charge in [-0.2, -0.15) is 4.99 Å². The molecule has 21 heavy (non-hydrogen) atoms. The number of urea groups is 1. The molecule has 8 heteroatoms. The summed E-state index contributed by atoms with van der Waals surface area (Å²) < 4.78 is 0. The molecule has 112 valence electrons. The summed E-state index contributed by atoms with van der Waals surface area (Å²) in [6, 6.07) is 0.899. The number of carbonyl (C=O) groups excluding carboxylic acids is 2. The van der Waals surface area contributed by atoms with E-state index in [2.05, 4.69) is 20.3 Å². The maximum absolute atomic E-state index is 12.3. The molecule has 0 radical (unpaired) electrons. The first-order valence-corrected chi connectivity index (χ1v) is 6.83. The third-order valence-electron chi connectivity index (χ3n) is 3.28. The number of aliphatic imine (C=N–C) groups is 1. The van der Waals surface area contributed by atoms with Gasteiger partial charge < -0.3 is 4.90 Å². The molecular weight excluding hydrogens is 274 g/mol. The summed E-state index contributed by atoms with van der Waals surface area (Å²) >= 11 is 0. The lowest BCUT2D eigenvalue weighted by Crippen LogP contribution is -2.42. The molecule has 0 aromatic carbocycles. The third-order valence-corrected chi connectivity index (χ3v) is 3.28. The minimum Gasteiger partial charge on any atom is -0.301 e. The van der Waals surface area contributed by atoms with Crippen LogP contribution in [0.3, 0.4) is 0 Å². The average molecular weight is 291 g/mol. The molecule has 1 aliphatic heterocycles. The van der Waals surface area contributed by atoms with Gasteiger partial charge in [0.15, 0.2) is 0 Å². The number of amides is 2. The van der Waals surface area contributed by atoms with Crippen LogP contribution in [0.2, 0.25) is 0 Å². The zero-order valence-electron chi connectivity index (χ0n) is 11.8. The molecule has 1 fully saturated rings. The van der Waals surface area contributed by atoms with E-state index in [0.29, 0.717) is 18.7 Å². The van der Waals surface area contributed by atoms with E-state index < -0.39 is 12.2 Å². The summed E-state index contributed by atoms with van der Waals surface area (Å²) in [6.07, 6.45) is 4.35. The molecule has 0 aliphatic carbocycles. The first kappa shape index (κ1) is 14.9. The maximum atomic E-state index is 12.3. The van der Waals surface area contributed by atoms with Gasteiger partial charge in [0, 0.05) is 18.3 Å². The van der Waals surface area contributed by atoms with Crippen LogP contribution in [0.5, 0.6) is 0 Å². The fourth-order valence-corrected chi connectivity index (χ4v) is 2.33. The van der Waals surface area contributed by atoms with Crippen molar-refractivity contribution in [1.82, 2.24) is 14.9 Å². The first-order chi connectivity index (χ1) is 10.1. The van der Waals surface area contributed by atoms with Gasteiger partial charge in [-0.3, -0.25) is 15.1 Å². The summed E-state index contributed by atoms with van der Waals surface area (Å²) in [5, 5.41) is 2.54. The Morgan fingerprint density at radius 2 is 2.33 bits per heavy atom. The molecule has 1 aromatic rings. The van der Waals surface area contributed by atoms with E-state index in [0.717, 1.165) is 19.3 Å². The number of nitrogens with one attached hydrogen (secondary N) is 2. The second-order valence-electron chi connectivity index (χ2n) is 4.91. The van der Waals surface area contributed by atoms with Crippen LogP contribution in [-0.2, 0) is 4.79 Å². The van der Waals surface area contributed by atoms with Crippen molar-refractivity contribution in [2.45, 2.75) is 38.8 Å². The Kier molecular flexibility index (Phi) is 4.84. The largest absolute Gasteiger partial charge is 0.325 e. The number of likely N-dealkylation sites (tertiary alicyclic amines) is 1. The van der Waals surface area contributed by atoms with E-state index in [9.17, 15) is 14.4 Å². The SMILES string of the molecule is Cc1cc(=O)[nH]c(NC(=O)N2CCCCCC2N=C=O)n1. The van der Waals surface area contributed by atoms with Gasteiger partial charge in [0.2, 0.25) is 12.0 Å². The standard InChI is InChI=1S/C13H17N5O3/c1-9-7-11(20)16-12(15-9)17-13(21)18-6-4-2-3-5-10(18)14-8-19/h7,10H,2-6H2,1H3,(H2,15,16,17,20,21). The van der Waals surface area contributed by atoms with Gasteiger partial charge in [-0.25, -0.2) is 14.6 Å². The number of nitrogens with zero attached hydrogens (tertiary/aromatic N) is 3. The number of isocyanates is 1. The lowest BCUT2D eigenvalue weighted by Gasteiger charge is -2.25. The second-order valence-corrected chi connectivity index (χ2v) is 4.91. The van der Waals surface area contributed by atoms with E-state index in [4.69, 9.17) is 0 Å². The number of hydrogen-bond acceptors (Lipinski definition) is 5. The number of aromatic amines is 1. The molecule has 0 bridgehead atoms. The molecule has 1 unspecified atom stereocenters. The monoisotopic (exact) mass is 291 g/mol. The zero-order chi connectivity index (χ0) is 15.2. The van der Waals surface area contributed by atoms with Gasteiger partial charge in [0.1, 0.15) is 6.17 Å². The zero-order valence-corrected chi connectivity index (χ0v) is 11.8. The van der Waals surface area contributed by atoms with Gasteiger partial charge in [-0.1, -0.05) is 6.42 Å². The molecule has 0 spiro atoms. The third kappa shape index (κ3) is 4.00. The highest BCUT2D eigenvalue weighted by Crippen LogP contribution is 2.18. The van der Waals surface area contributed by atoms with Crippen molar-refractivity contribution in [1.29, 1.82) is 0 Å². The van der Waals surface area contributed by atoms with Crippen molar-refractivity contribution in [3.63, 3.8) is 0 Å². The minimum atomic E-state index is -0.512. The molecule has 1 aliphatic rings. The number of hydrogen-bond donors (Lipinski definition) is 2. The van der Waals surface area contributed by atoms with Crippen LogP contribution in [0.4, 0.5) is 10.7 Å². The summed E-state index contributed by atoms with van der Waals surface area (Å²) in [4.78, 5) is 45.8. The predicted molar refractivity (Wildman–Crippen MR) is 75.7 cm³/mol. The molecule has 0 saturated carbocycles. The first-order valence-electron chi connectivity index (χ1n) is 6.83. The Bertz CT molecular complexity index is 620. The van der Waals surface area contributed by atoms with Crippen LogP contribution in [0.15, 0.2) is 15.9 Å². The van der Waals surface area contributed by atoms with E-state index in [1.807, 2.05) is 0 Å². The van der Waals surface area contributed by atoms with E-state index in [1.165, 1.54) is 17.0 Å². The summed E-state index contributed by atoms with van der Waals surface area (Å²) in [7, 11) is 0. The summed E-state index contributed by atoms with van der Waals surface area (Å²) in [5.41, 5.74) is 0.170. The molecule has 1 atom stereocenters. The Labute approximate surface area is 121 Å². The van der Waals surface area contributed by atoms with Crippen LogP contribution in [0.25, 0.3) is 0 Å². The molecule has 1 saturated heterocycles. The highest BCUT2D eigenvalue weighted by molar-refractivity contribution is 5.87. The van der Waals surface area contributed by atoms with Crippen LogP contribution >= 0.6 is 0 Å². The van der Waals surface area contributed by atoms with Crippen LogP contribution in [0, 0.1) is 6.92 Å². The smallest absolute Gasteiger partial charge is 0.301 e. The number of aromatic nitrogens is 2. The Hall–Kier alpha value is -2.47. The molecule has 2 heterocycles. The molecular formula is C13H17N5O3. The quantitative estimate of drug-likeness (QED) is 0.629. The van der Waals surface area contributed by atoms with Gasteiger partial charge in [0.25, 0.3) is 5.56 Å². The highest BCUT2D eigenvalue weighted by atomic mass is 16.2. The topological polar surface area (TPSA) is 108 Å². The van der Waals surface area contributed by atoms with Crippen molar-refractivity contribution in [2.24, 2.45) is 4.99 Å². The average Bonchev–Trinajstić information content (AvgIpc) is 2.63. The predicted octanol–water partition coefficient (Wildman–Crippen LogP) is 1.15. The Balaban J connectivity index is 2.16. The number of carbonyl (C=O) groups is 1. The van der Waals surface area contributed by atoms with Crippen molar-refractivity contribution >= 4 is 18.1 Å². The number of aryl methyl sites for hydroxylation is 1. The molecule has 2 rings (SSSR count). The number of anilines is 1. The van der Waals surface area contributed by atoms with Crippen LogP contribution in [0.1, 0.15) is 31.4 Å². The summed E-state index contributed by atoms with van der Waals surface area (Å²) in [6.45, 7) is 2.16. The fraction of sp³-hybridized carbons (Fsp3) is 0.538. The van der Waals surface area contributed by atoms with Gasteiger partial charge >= 0.3 is 6.03 Å². The van der Waals surface area contributed by atoms with Gasteiger partial charge in [-0.15, -0.1) is 0 Å². The number of H-pyrrole nitrogens is 1. The van der Waals surface area contributed by atoms with Crippen LogP contribution in [-0.4, -0.2) is 39.7 Å². The minimum absolute atomic E-state index is 0.0862. The molecule has 8 nitrogen and oxygen atoms in total. The van der Waals surface area contributed by atoms with Crippen molar-refractivity contribution in [3.05, 3.63) is 22.1 Å². The molecule has 2 amide bonds. The van der Waals surface area contributed by atoms with Crippen molar-refractivity contribution in [3.8, 4) is 0 Å². The van der Waals surface area contributed by atoms with E-state index in [1.54, 1.807) is 6.92 Å². The van der Waals surface area contributed by atoms with E-state index in [-0.39, 0.29) is 11.5 Å². The Morgan fingerprint density at radius 3 is 3.05 bits per heavy atom. The van der Waals surface area contributed by atoms with Crippen LogP contribution < -0.4 is 10.9 Å².